The van der Waals surface area contributed by atoms with E-state index in [2.05, 4.69) is 47.4 Å². The number of hydrogen-bond donors (Lipinski definition) is 2. The molecule has 3 heterocycles. The SMILES string of the molecule is CN1CCN(c2nc(Nc3cc(C(=O)Nc4ccccc4)ccn3)nc(-c3ccc(F)cc3)n2)CC1. The van der Waals surface area contributed by atoms with Gasteiger partial charge in [0.2, 0.25) is 11.9 Å². The summed E-state index contributed by atoms with van der Waals surface area (Å²) >= 11 is 0. The summed E-state index contributed by atoms with van der Waals surface area (Å²) in [5.74, 6) is 1.05. The van der Waals surface area contributed by atoms with Crippen molar-refractivity contribution in [2.45, 2.75) is 0 Å². The van der Waals surface area contributed by atoms with Gasteiger partial charge in [0.1, 0.15) is 11.6 Å². The summed E-state index contributed by atoms with van der Waals surface area (Å²) in [4.78, 5) is 35.2. The Morgan fingerprint density at radius 3 is 2.42 bits per heavy atom. The number of benzene rings is 2. The first-order chi connectivity index (χ1) is 17.5. The molecule has 4 aromatic rings. The van der Waals surface area contributed by atoms with Crippen molar-refractivity contribution in [2.75, 3.05) is 48.8 Å². The number of pyridine rings is 1. The van der Waals surface area contributed by atoms with Crippen LogP contribution in [0.2, 0.25) is 0 Å². The molecule has 1 fully saturated rings. The standard InChI is InChI=1S/C26H25FN8O/c1-34-13-15-35(16-14-34)26-32-23(18-7-9-20(27)10-8-18)31-25(33-26)30-22-17-19(11-12-28-22)24(36)29-21-5-3-2-4-6-21/h2-12,17H,13-16H2,1H3,(H,29,36)(H,28,30,31,32,33). The highest BCUT2D eigenvalue weighted by atomic mass is 19.1. The summed E-state index contributed by atoms with van der Waals surface area (Å²) in [5, 5.41) is 5.97. The van der Waals surface area contributed by atoms with E-state index >= 15 is 0 Å². The van der Waals surface area contributed by atoms with Crippen LogP contribution in [0.3, 0.4) is 0 Å². The van der Waals surface area contributed by atoms with Crippen molar-refractivity contribution < 1.29 is 9.18 Å². The highest BCUT2D eigenvalue weighted by Gasteiger charge is 2.19. The van der Waals surface area contributed by atoms with Crippen molar-refractivity contribution in [1.29, 1.82) is 0 Å². The van der Waals surface area contributed by atoms with Crippen LogP contribution >= 0.6 is 0 Å². The maximum atomic E-state index is 13.5. The van der Waals surface area contributed by atoms with E-state index in [1.165, 1.54) is 12.1 Å². The molecule has 0 bridgehead atoms. The zero-order valence-corrected chi connectivity index (χ0v) is 19.7. The summed E-state index contributed by atoms with van der Waals surface area (Å²) in [6.45, 7) is 3.33. The molecule has 2 aromatic carbocycles. The van der Waals surface area contributed by atoms with Crippen molar-refractivity contribution in [1.82, 2.24) is 24.8 Å². The maximum Gasteiger partial charge on any atom is 0.255 e. The van der Waals surface area contributed by atoms with Crippen LogP contribution in [0.4, 0.5) is 27.8 Å². The Morgan fingerprint density at radius 1 is 0.917 bits per heavy atom. The second kappa shape index (κ2) is 10.4. The molecule has 0 radical (unpaired) electrons. The molecular weight excluding hydrogens is 459 g/mol. The first-order valence-corrected chi connectivity index (χ1v) is 11.6. The van der Waals surface area contributed by atoms with Crippen LogP contribution in [0.15, 0.2) is 72.9 Å². The number of amides is 1. The number of carbonyl (C=O) groups excluding carboxylic acids is 1. The lowest BCUT2D eigenvalue weighted by Gasteiger charge is -2.32. The fourth-order valence-corrected chi connectivity index (χ4v) is 3.78. The Balaban J connectivity index is 1.42. The molecule has 182 valence electrons. The van der Waals surface area contributed by atoms with Crippen LogP contribution in [0.25, 0.3) is 11.4 Å². The number of anilines is 4. The molecule has 1 saturated heterocycles. The van der Waals surface area contributed by atoms with Crippen molar-refractivity contribution in [3.8, 4) is 11.4 Å². The number of nitrogens with one attached hydrogen (secondary N) is 2. The van der Waals surface area contributed by atoms with Gasteiger partial charge in [0, 0.05) is 49.2 Å². The molecule has 1 aliphatic rings. The predicted octanol–water partition coefficient (Wildman–Crippen LogP) is 3.82. The lowest BCUT2D eigenvalue weighted by atomic mass is 10.2. The van der Waals surface area contributed by atoms with E-state index in [0.717, 1.165) is 26.2 Å². The number of carbonyl (C=O) groups is 1. The van der Waals surface area contributed by atoms with Gasteiger partial charge in [0.05, 0.1) is 0 Å². The number of rotatable bonds is 6. The number of halogens is 1. The number of para-hydroxylation sites is 1. The first-order valence-electron chi connectivity index (χ1n) is 11.6. The summed E-state index contributed by atoms with van der Waals surface area (Å²) in [5.41, 5.74) is 1.80. The molecule has 0 unspecified atom stereocenters. The van der Waals surface area contributed by atoms with Gasteiger partial charge in [-0.3, -0.25) is 4.79 Å². The minimum atomic E-state index is -0.333. The van der Waals surface area contributed by atoms with Gasteiger partial charge in [-0.2, -0.15) is 15.0 Å². The Morgan fingerprint density at radius 2 is 1.67 bits per heavy atom. The predicted molar refractivity (Wildman–Crippen MR) is 137 cm³/mol. The summed E-state index contributed by atoms with van der Waals surface area (Å²) in [6, 6.07) is 18.5. The number of nitrogens with zero attached hydrogens (tertiary/aromatic N) is 6. The lowest BCUT2D eigenvalue weighted by molar-refractivity contribution is 0.102. The first kappa shape index (κ1) is 23.3. The number of hydrogen-bond acceptors (Lipinski definition) is 8. The van der Waals surface area contributed by atoms with Gasteiger partial charge in [0.15, 0.2) is 5.82 Å². The molecule has 2 aromatic heterocycles. The summed E-state index contributed by atoms with van der Waals surface area (Å²) in [6.07, 6.45) is 1.55. The zero-order chi connectivity index (χ0) is 24.9. The normalized spacial score (nSPS) is 13.9. The third-order valence-electron chi connectivity index (χ3n) is 5.81. The molecule has 1 amide bonds. The quantitative estimate of drug-likeness (QED) is 0.426. The Hall–Kier alpha value is -4.44. The van der Waals surface area contributed by atoms with Crippen molar-refractivity contribution in [3.05, 3.63) is 84.3 Å². The molecule has 9 nitrogen and oxygen atoms in total. The number of aromatic nitrogens is 4. The molecule has 2 N–H and O–H groups in total. The molecule has 36 heavy (non-hydrogen) atoms. The van der Waals surface area contributed by atoms with Crippen molar-refractivity contribution in [2.24, 2.45) is 0 Å². The largest absolute Gasteiger partial charge is 0.338 e. The summed E-state index contributed by atoms with van der Waals surface area (Å²) in [7, 11) is 2.08. The van der Waals surface area contributed by atoms with Gasteiger partial charge in [-0.05, 0) is 55.6 Å². The number of likely N-dealkylation sites (N-methyl/N-ethyl adjacent to an activating group) is 1. The average Bonchev–Trinajstić information content (AvgIpc) is 2.90. The Bertz CT molecular complexity index is 1340. The van der Waals surface area contributed by atoms with Crippen molar-refractivity contribution >= 4 is 29.3 Å². The minimum Gasteiger partial charge on any atom is -0.338 e. The fraction of sp³-hybridized carbons (Fsp3) is 0.192. The molecular formula is C26H25FN8O. The van der Waals surface area contributed by atoms with Gasteiger partial charge < -0.3 is 20.4 Å². The Kier molecular flexibility index (Phi) is 6.76. The monoisotopic (exact) mass is 484 g/mol. The van der Waals surface area contributed by atoms with E-state index in [9.17, 15) is 9.18 Å². The van der Waals surface area contributed by atoms with Crippen LogP contribution in [0.1, 0.15) is 10.4 Å². The third-order valence-corrected chi connectivity index (χ3v) is 5.81. The van der Waals surface area contributed by atoms with E-state index in [1.807, 2.05) is 30.3 Å². The number of piperazine rings is 1. The Labute approximate surface area is 208 Å². The second-order valence-electron chi connectivity index (χ2n) is 8.45. The third kappa shape index (κ3) is 5.61. The van der Waals surface area contributed by atoms with Crippen LogP contribution in [0.5, 0.6) is 0 Å². The van der Waals surface area contributed by atoms with E-state index in [1.54, 1.807) is 30.5 Å². The molecule has 5 rings (SSSR count). The van der Waals surface area contributed by atoms with Crippen LogP contribution in [-0.4, -0.2) is 64.0 Å². The van der Waals surface area contributed by atoms with Crippen LogP contribution in [0, 0.1) is 5.82 Å². The highest BCUT2D eigenvalue weighted by molar-refractivity contribution is 6.04. The lowest BCUT2D eigenvalue weighted by Crippen LogP contribution is -2.45. The van der Waals surface area contributed by atoms with E-state index in [4.69, 9.17) is 0 Å². The topological polar surface area (TPSA) is 99.2 Å². The van der Waals surface area contributed by atoms with Gasteiger partial charge in [0.25, 0.3) is 5.91 Å². The van der Waals surface area contributed by atoms with Gasteiger partial charge in [-0.1, -0.05) is 18.2 Å². The fourth-order valence-electron chi connectivity index (χ4n) is 3.78. The molecule has 1 aliphatic heterocycles. The van der Waals surface area contributed by atoms with Crippen LogP contribution < -0.4 is 15.5 Å². The zero-order valence-electron chi connectivity index (χ0n) is 19.7. The van der Waals surface area contributed by atoms with Gasteiger partial charge in [-0.25, -0.2) is 9.37 Å². The van der Waals surface area contributed by atoms with E-state index < -0.39 is 0 Å². The van der Waals surface area contributed by atoms with Gasteiger partial charge >= 0.3 is 0 Å². The molecule has 0 saturated carbocycles. The molecule has 0 aliphatic carbocycles. The minimum absolute atomic E-state index is 0.257. The highest BCUT2D eigenvalue weighted by Crippen LogP contribution is 2.23. The molecule has 0 spiro atoms. The van der Waals surface area contributed by atoms with Crippen molar-refractivity contribution in [3.63, 3.8) is 0 Å². The maximum absolute atomic E-state index is 13.5. The molecule has 0 atom stereocenters. The van der Waals surface area contributed by atoms with Crippen LogP contribution in [-0.2, 0) is 0 Å². The average molecular weight is 485 g/mol. The summed E-state index contributed by atoms with van der Waals surface area (Å²) < 4.78 is 13.5. The van der Waals surface area contributed by atoms with E-state index in [0.29, 0.717) is 34.4 Å². The smallest absolute Gasteiger partial charge is 0.255 e. The second-order valence-corrected chi connectivity index (χ2v) is 8.45. The van der Waals surface area contributed by atoms with Gasteiger partial charge in [-0.15, -0.1) is 0 Å². The molecule has 10 heteroatoms. The van der Waals surface area contributed by atoms with E-state index in [-0.39, 0.29) is 17.7 Å².